The Bertz CT molecular complexity index is 698. The van der Waals surface area contributed by atoms with Gasteiger partial charge >= 0.3 is 0 Å². The average molecular weight is 260 g/mol. The Hall–Kier alpha value is -1.79. The van der Waals surface area contributed by atoms with E-state index in [-0.39, 0.29) is 4.99 Å². The SMILES string of the molecule is NC(=S)c1nccn1-c1snc2ccccc12. The minimum Gasteiger partial charge on any atom is -0.387 e. The smallest absolute Gasteiger partial charge is 0.172 e. The Morgan fingerprint density at radius 3 is 3.00 bits per heavy atom. The fourth-order valence-corrected chi connectivity index (χ4v) is 2.70. The summed E-state index contributed by atoms with van der Waals surface area (Å²) in [6.07, 6.45) is 3.53. The van der Waals surface area contributed by atoms with Crippen LogP contribution in [0.25, 0.3) is 15.9 Å². The largest absolute Gasteiger partial charge is 0.387 e. The number of aromatic nitrogens is 3. The molecule has 3 aromatic rings. The highest BCUT2D eigenvalue weighted by Gasteiger charge is 2.12. The lowest BCUT2D eigenvalue weighted by atomic mass is 10.2. The maximum Gasteiger partial charge on any atom is 0.172 e. The van der Waals surface area contributed by atoms with Gasteiger partial charge in [-0.15, -0.1) is 0 Å². The van der Waals surface area contributed by atoms with Gasteiger partial charge in [-0.05, 0) is 23.7 Å². The third-order valence-corrected chi connectivity index (χ3v) is 3.50. The summed E-state index contributed by atoms with van der Waals surface area (Å²) < 4.78 is 6.26. The molecule has 0 amide bonds. The van der Waals surface area contributed by atoms with E-state index in [1.165, 1.54) is 11.5 Å². The molecule has 2 heterocycles. The van der Waals surface area contributed by atoms with E-state index in [0.29, 0.717) is 5.82 Å². The van der Waals surface area contributed by atoms with Gasteiger partial charge in [0.15, 0.2) is 5.82 Å². The highest BCUT2D eigenvalue weighted by Crippen LogP contribution is 2.26. The summed E-state index contributed by atoms with van der Waals surface area (Å²) in [5.41, 5.74) is 6.61. The number of nitrogens with two attached hydrogens (primary N) is 1. The van der Waals surface area contributed by atoms with Crippen LogP contribution in [-0.4, -0.2) is 18.9 Å². The van der Waals surface area contributed by atoms with Gasteiger partial charge in [-0.1, -0.05) is 24.4 Å². The van der Waals surface area contributed by atoms with Crippen molar-refractivity contribution in [3.63, 3.8) is 0 Å². The first kappa shape index (κ1) is 10.4. The number of rotatable bonds is 2. The van der Waals surface area contributed by atoms with E-state index >= 15 is 0 Å². The maximum atomic E-state index is 5.64. The number of benzene rings is 1. The van der Waals surface area contributed by atoms with Crippen LogP contribution in [0.2, 0.25) is 0 Å². The molecule has 3 rings (SSSR count). The van der Waals surface area contributed by atoms with Crippen molar-refractivity contribution < 1.29 is 0 Å². The fourth-order valence-electron chi connectivity index (χ4n) is 1.70. The molecule has 4 nitrogen and oxygen atoms in total. The molecular weight excluding hydrogens is 252 g/mol. The lowest BCUT2D eigenvalue weighted by Gasteiger charge is -2.03. The molecule has 6 heteroatoms. The third-order valence-electron chi connectivity index (χ3n) is 2.44. The second-order valence-electron chi connectivity index (χ2n) is 3.49. The summed E-state index contributed by atoms with van der Waals surface area (Å²) in [6.45, 7) is 0. The van der Waals surface area contributed by atoms with Crippen LogP contribution in [0.3, 0.4) is 0 Å². The number of imidazole rings is 1. The molecule has 0 aliphatic carbocycles. The topological polar surface area (TPSA) is 56.7 Å². The minimum absolute atomic E-state index is 0.285. The molecule has 0 fully saturated rings. The van der Waals surface area contributed by atoms with Crippen LogP contribution in [-0.2, 0) is 0 Å². The predicted octanol–water partition coefficient (Wildman–Crippen LogP) is 2.12. The normalized spacial score (nSPS) is 10.8. The van der Waals surface area contributed by atoms with Crippen molar-refractivity contribution in [1.29, 1.82) is 0 Å². The van der Waals surface area contributed by atoms with Gasteiger partial charge in [0, 0.05) is 17.8 Å². The van der Waals surface area contributed by atoms with Crippen LogP contribution < -0.4 is 5.73 Å². The molecule has 84 valence electrons. The van der Waals surface area contributed by atoms with E-state index in [1.54, 1.807) is 6.20 Å². The summed E-state index contributed by atoms with van der Waals surface area (Å²) >= 11 is 6.39. The molecule has 0 aliphatic rings. The lowest BCUT2D eigenvalue weighted by molar-refractivity contribution is 1.07. The fraction of sp³-hybridized carbons (Fsp3) is 0. The molecule has 2 N–H and O–H groups in total. The molecule has 17 heavy (non-hydrogen) atoms. The minimum atomic E-state index is 0.285. The van der Waals surface area contributed by atoms with E-state index in [2.05, 4.69) is 9.36 Å². The molecule has 0 unspecified atom stereocenters. The van der Waals surface area contributed by atoms with Crippen molar-refractivity contribution in [2.75, 3.05) is 0 Å². The summed E-state index contributed by atoms with van der Waals surface area (Å²) in [5, 5.41) is 2.06. The van der Waals surface area contributed by atoms with Crippen molar-refractivity contribution >= 4 is 39.6 Å². The van der Waals surface area contributed by atoms with Gasteiger partial charge in [-0.25, -0.2) is 4.98 Å². The van der Waals surface area contributed by atoms with Gasteiger partial charge in [0.25, 0.3) is 0 Å². The van der Waals surface area contributed by atoms with Gasteiger partial charge in [-0.3, -0.25) is 4.57 Å². The average Bonchev–Trinajstić information content (AvgIpc) is 2.94. The van der Waals surface area contributed by atoms with Crippen molar-refractivity contribution in [2.24, 2.45) is 5.73 Å². The zero-order valence-electron chi connectivity index (χ0n) is 8.70. The van der Waals surface area contributed by atoms with Crippen molar-refractivity contribution in [3.05, 3.63) is 42.5 Å². The molecule has 0 aliphatic heterocycles. The van der Waals surface area contributed by atoms with Crippen LogP contribution in [0.4, 0.5) is 0 Å². The van der Waals surface area contributed by atoms with E-state index in [9.17, 15) is 0 Å². The van der Waals surface area contributed by atoms with Crippen molar-refractivity contribution in [1.82, 2.24) is 13.9 Å². The Kier molecular flexibility index (Phi) is 2.38. The molecule has 0 saturated carbocycles. The first-order valence-electron chi connectivity index (χ1n) is 4.95. The van der Waals surface area contributed by atoms with Gasteiger partial charge < -0.3 is 5.73 Å². The first-order chi connectivity index (χ1) is 8.27. The summed E-state index contributed by atoms with van der Waals surface area (Å²) in [6, 6.07) is 7.95. The number of hydrogen-bond acceptors (Lipinski definition) is 4. The molecule has 0 atom stereocenters. The van der Waals surface area contributed by atoms with Crippen LogP contribution in [0.5, 0.6) is 0 Å². The highest BCUT2D eigenvalue weighted by molar-refractivity contribution is 7.80. The quantitative estimate of drug-likeness (QED) is 0.717. The summed E-state index contributed by atoms with van der Waals surface area (Å²) in [5.74, 6) is 0.592. The standard InChI is InChI=1S/C11H8N4S2/c12-9(16)10-13-5-6-15(10)11-7-3-1-2-4-8(7)14-17-11/h1-6H,(H2,12,16). The number of fused-ring (bicyclic) bond motifs is 1. The monoisotopic (exact) mass is 260 g/mol. The molecule has 0 saturated heterocycles. The Labute approximate surface area is 107 Å². The number of hydrogen-bond donors (Lipinski definition) is 1. The summed E-state index contributed by atoms with van der Waals surface area (Å²) in [4.78, 5) is 4.44. The predicted molar refractivity (Wildman–Crippen MR) is 72.6 cm³/mol. The zero-order valence-corrected chi connectivity index (χ0v) is 10.3. The maximum absolute atomic E-state index is 5.64. The Balaban J connectivity index is 2.28. The van der Waals surface area contributed by atoms with E-state index < -0.39 is 0 Å². The summed E-state index contributed by atoms with van der Waals surface area (Å²) in [7, 11) is 0. The van der Waals surface area contributed by atoms with Gasteiger partial charge in [0.05, 0.1) is 5.52 Å². The van der Waals surface area contributed by atoms with Gasteiger partial charge in [0.1, 0.15) is 9.99 Å². The number of nitrogens with zero attached hydrogens (tertiary/aromatic N) is 3. The second kappa shape index (κ2) is 3.90. The van der Waals surface area contributed by atoms with E-state index in [1.807, 2.05) is 35.0 Å². The molecule has 0 radical (unpaired) electrons. The molecule has 0 bridgehead atoms. The molecule has 0 spiro atoms. The van der Waals surface area contributed by atoms with Crippen LogP contribution >= 0.6 is 23.8 Å². The van der Waals surface area contributed by atoms with E-state index in [4.69, 9.17) is 18.0 Å². The first-order valence-corrected chi connectivity index (χ1v) is 6.13. The van der Waals surface area contributed by atoms with Crippen LogP contribution in [0.15, 0.2) is 36.7 Å². The Morgan fingerprint density at radius 2 is 2.18 bits per heavy atom. The molecule has 1 aromatic carbocycles. The Morgan fingerprint density at radius 1 is 1.35 bits per heavy atom. The van der Waals surface area contributed by atoms with E-state index in [0.717, 1.165) is 15.9 Å². The number of thiocarbonyl (C=S) groups is 1. The van der Waals surface area contributed by atoms with Gasteiger partial charge in [0.2, 0.25) is 0 Å². The van der Waals surface area contributed by atoms with Crippen LogP contribution in [0.1, 0.15) is 5.82 Å². The highest BCUT2D eigenvalue weighted by atomic mass is 32.1. The molecule has 2 aromatic heterocycles. The third kappa shape index (κ3) is 1.62. The van der Waals surface area contributed by atoms with Crippen LogP contribution in [0, 0.1) is 0 Å². The van der Waals surface area contributed by atoms with Crippen molar-refractivity contribution in [2.45, 2.75) is 0 Å². The van der Waals surface area contributed by atoms with Gasteiger partial charge in [-0.2, -0.15) is 4.37 Å². The van der Waals surface area contributed by atoms with Crippen molar-refractivity contribution in [3.8, 4) is 5.00 Å². The lowest BCUT2D eigenvalue weighted by Crippen LogP contribution is -2.15. The zero-order chi connectivity index (χ0) is 11.8. The second-order valence-corrected chi connectivity index (χ2v) is 4.68. The molecular formula is C11H8N4S2.